The van der Waals surface area contributed by atoms with E-state index in [-0.39, 0.29) is 5.92 Å². The topological polar surface area (TPSA) is 17.1 Å². The first-order chi connectivity index (χ1) is 5.09. The van der Waals surface area contributed by atoms with Crippen LogP contribution in [0.5, 0.6) is 0 Å². The third-order valence-corrected chi connectivity index (χ3v) is 3.16. The van der Waals surface area contributed by atoms with E-state index in [1.54, 1.807) is 0 Å². The lowest BCUT2D eigenvalue weighted by atomic mass is 9.61. The molecule has 0 amide bonds. The molecule has 2 bridgehead atoms. The highest BCUT2D eigenvalue weighted by Crippen LogP contribution is 2.46. The van der Waals surface area contributed by atoms with Gasteiger partial charge in [-0.25, -0.2) is 0 Å². The fourth-order valence-electron chi connectivity index (χ4n) is 2.25. The first-order valence-corrected chi connectivity index (χ1v) is 4.31. The summed E-state index contributed by atoms with van der Waals surface area (Å²) in [7, 11) is 0. The predicted molar refractivity (Wildman–Crippen MR) is 44.1 cm³/mol. The Morgan fingerprint density at radius 1 is 1.45 bits per heavy atom. The zero-order valence-corrected chi connectivity index (χ0v) is 7.13. The molecule has 1 fully saturated rings. The maximum atomic E-state index is 11.3. The average molecular weight is 150 g/mol. The number of carbonyl (C=O) groups is 1. The Bertz CT molecular complexity index is 225. The Morgan fingerprint density at radius 2 is 2.18 bits per heavy atom. The van der Waals surface area contributed by atoms with Gasteiger partial charge in [0.15, 0.2) is 0 Å². The standard InChI is InChI=1S/C10H14O/c1-10(2)6-7-3-4-8(10)5-9(7)11/h3-4,7-8H,5-6H2,1-2H3/t7-,8-/m1/s1. The van der Waals surface area contributed by atoms with E-state index >= 15 is 0 Å². The van der Waals surface area contributed by atoms with Gasteiger partial charge in [0, 0.05) is 12.3 Å². The Hall–Kier alpha value is -0.590. The van der Waals surface area contributed by atoms with Crippen molar-refractivity contribution in [1.82, 2.24) is 0 Å². The fourth-order valence-corrected chi connectivity index (χ4v) is 2.25. The van der Waals surface area contributed by atoms with Crippen molar-refractivity contribution < 1.29 is 4.79 Å². The molecule has 0 aromatic carbocycles. The number of rotatable bonds is 0. The Labute approximate surface area is 67.5 Å². The number of ketones is 1. The predicted octanol–water partition coefficient (Wildman–Crippen LogP) is 2.18. The lowest BCUT2D eigenvalue weighted by Crippen LogP contribution is -2.39. The molecule has 60 valence electrons. The van der Waals surface area contributed by atoms with Crippen LogP contribution in [-0.4, -0.2) is 5.78 Å². The first-order valence-electron chi connectivity index (χ1n) is 4.31. The quantitative estimate of drug-likeness (QED) is 0.484. The molecule has 0 radical (unpaired) electrons. The second kappa shape index (κ2) is 1.96. The lowest BCUT2D eigenvalue weighted by Gasteiger charge is -2.43. The van der Waals surface area contributed by atoms with Crippen molar-refractivity contribution in [2.24, 2.45) is 17.3 Å². The summed E-state index contributed by atoms with van der Waals surface area (Å²) < 4.78 is 0. The summed E-state index contributed by atoms with van der Waals surface area (Å²) in [6.45, 7) is 4.53. The Balaban J connectivity index is 2.34. The molecule has 0 unspecified atom stereocenters. The van der Waals surface area contributed by atoms with Gasteiger partial charge in [0.2, 0.25) is 0 Å². The van der Waals surface area contributed by atoms with Crippen molar-refractivity contribution in [2.45, 2.75) is 26.7 Å². The van der Waals surface area contributed by atoms with Crippen molar-refractivity contribution in [3.05, 3.63) is 12.2 Å². The number of hydrogen-bond acceptors (Lipinski definition) is 1. The lowest BCUT2D eigenvalue weighted by molar-refractivity contribution is -0.127. The summed E-state index contributed by atoms with van der Waals surface area (Å²) in [4.78, 5) is 11.3. The van der Waals surface area contributed by atoms with Crippen LogP contribution in [-0.2, 0) is 4.79 Å². The maximum Gasteiger partial charge on any atom is 0.140 e. The van der Waals surface area contributed by atoms with Gasteiger partial charge in [0.1, 0.15) is 5.78 Å². The minimum atomic E-state index is 0.245. The van der Waals surface area contributed by atoms with Gasteiger partial charge in [0.25, 0.3) is 0 Å². The molecule has 11 heavy (non-hydrogen) atoms. The monoisotopic (exact) mass is 150 g/mol. The smallest absolute Gasteiger partial charge is 0.140 e. The minimum absolute atomic E-state index is 0.245. The van der Waals surface area contributed by atoms with E-state index in [0.717, 1.165) is 12.8 Å². The van der Waals surface area contributed by atoms with Crippen molar-refractivity contribution >= 4 is 5.78 Å². The van der Waals surface area contributed by atoms with Crippen LogP contribution in [0, 0.1) is 17.3 Å². The SMILES string of the molecule is CC1(C)C[C@H]2C=C[C@@H]1CC2=O. The average Bonchev–Trinajstić information content (AvgIpc) is 1.90. The number of carbonyl (C=O) groups excluding carboxylic acids is 1. The fraction of sp³-hybridized carbons (Fsp3) is 0.700. The summed E-state index contributed by atoms with van der Waals surface area (Å²) in [5.41, 5.74) is 0.368. The van der Waals surface area contributed by atoms with E-state index < -0.39 is 0 Å². The Kier molecular flexibility index (Phi) is 1.26. The molecule has 3 aliphatic rings. The van der Waals surface area contributed by atoms with Crippen molar-refractivity contribution in [2.75, 3.05) is 0 Å². The van der Waals surface area contributed by atoms with Gasteiger partial charge in [-0.05, 0) is 17.8 Å². The zero-order chi connectivity index (χ0) is 8.06. The van der Waals surface area contributed by atoms with Crippen LogP contribution < -0.4 is 0 Å². The van der Waals surface area contributed by atoms with E-state index in [1.807, 2.05) is 0 Å². The molecule has 3 aliphatic carbocycles. The molecule has 0 aromatic rings. The van der Waals surface area contributed by atoms with Crippen molar-refractivity contribution in [1.29, 1.82) is 0 Å². The van der Waals surface area contributed by atoms with Crippen LogP contribution in [0.3, 0.4) is 0 Å². The van der Waals surface area contributed by atoms with Crippen LogP contribution in [0.2, 0.25) is 0 Å². The van der Waals surface area contributed by atoms with E-state index in [2.05, 4.69) is 26.0 Å². The molecule has 0 N–H and O–H groups in total. The summed E-state index contributed by atoms with van der Waals surface area (Å²) in [6, 6.07) is 0. The van der Waals surface area contributed by atoms with E-state index in [9.17, 15) is 4.79 Å². The molecular formula is C10H14O. The molecule has 1 heteroatoms. The molecule has 0 aliphatic heterocycles. The first kappa shape index (κ1) is 7.08. The van der Waals surface area contributed by atoms with Crippen molar-refractivity contribution in [3.63, 3.8) is 0 Å². The summed E-state index contributed by atoms with van der Waals surface area (Å²) in [6.07, 6.45) is 6.18. The van der Waals surface area contributed by atoms with Crippen LogP contribution in [0.1, 0.15) is 26.7 Å². The molecular weight excluding hydrogens is 136 g/mol. The molecule has 2 atom stereocenters. The van der Waals surface area contributed by atoms with Gasteiger partial charge in [-0.3, -0.25) is 4.79 Å². The van der Waals surface area contributed by atoms with Crippen LogP contribution in [0.4, 0.5) is 0 Å². The molecule has 3 rings (SSSR count). The molecule has 1 nitrogen and oxygen atoms in total. The molecule has 1 saturated carbocycles. The van der Waals surface area contributed by atoms with Gasteiger partial charge < -0.3 is 0 Å². The third-order valence-electron chi connectivity index (χ3n) is 3.16. The van der Waals surface area contributed by atoms with Crippen molar-refractivity contribution in [3.8, 4) is 0 Å². The summed E-state index contributed by atoms with van der Waals surface area (Å²) in [5.74, 6) is 1.21. The second-order valence-electron chi connectivity index (χ2n) is 4.46. The van der Waals surface area contributed by atoms with E-state index in [1.165, 1.54) is 0 Å². The maximum absolute atomic E-state index is 11.3. The molecule has 0 spiro atoms. The second-order valence-corrected chi connectivity index (χ2v) is 4.46. The highest BCUT2D eigenvalue weighted by atomic mass is 16.1. The minimum Gasteiger partial charge on any atom is -0.299 e. The summed E-state index contributed by atoms with van der Waals surface area (Å²) in [5, 5.41) is 0. The number of hydrogen-bond donors (Lipinski definition) is 0. The highest BCUT2D eigenvalue weighted by Gasteiger charge is 2.42. The molecule has 0 saturated heterocycles. The van der Waals surface area contributed by atoms with E-state index in [0.29, 0.717) is 17.1 Å². The summed E-state index contributed by atoms with van der Waals surface area (Å²) >= 11 is 0. The Morgan fingerprint density at radius 3 is 2.45 bits per heavy atom. The van der Waals surface area contributed by atoms with Gasteiger partial charge >= 0.3 is 0 Å². The van der Waals surface area contributed by atoms with Crippen LogP contribution in [0.25, 0.3) is 0 Å². The van der Waals surface area contributed by atoms with Crippen LogP contribution >= 0.6 is 0 Å². The molecule has 0 heterocycles. The zero-order valence-electron chi connectivity index (χ0n) is 7.13. The van der Waals surface area contributed by atoms with E-state index in [4.69, 9.17) is 0 Å². The van der Waals surface area contributed by atoms with Crippen LogP contribution in [0.15, 0.2) is 12.2 Å². The number of fused-ring (bicyclic) bond motifs is 2. The van der Waals surface area contributed by atoms with Gasteiger partial charge in [0.05, 0.1) is 0 Å². The molecule has 0 aromatic heterocycles. The van der Waals surface area contributed by atoms with Gasteiger partial charge in [-0.15, -0.1) is 0 Å². The largest absolute Gasteiger partial charge is 0.299 e. The highest BCUT2D eigenvalue weighted by molar-refractivity contribution is 5.85. The van der Waals surface area contributed by atoms with Gasteiger partial charge in [-0.2, -0.15) is 0 Å². The normalized spacial score (nSPS) is 39.6. The third kappa shape index (κ3) is 0.943. The number of Topliss-reactive ketones (excluding diaryl/α,β-unsaturated/α-hetero) is 1. The number of allylic oxidation sites excluding steroid dienone is 2. The van der Waals surface area contributed by atoms with Gasteiger partial charge in [-0.1, -0.05) is 26.0 Å².